The van der Waals surface area contributed by atoms with E-state index in [-0.39, 0.29) is 0 Å². The van der Waals surface area contributed by atoms with Crippen molar-refractivity contribution in [3.63, 3.8) is 0 Å². The molecule has 1 saturated carbocycles. The number of hydrogen-bond donors (Lipinski definition) is 0. The minimum atomic E-state index is 0.583. The fourth-order valence-electron chi connectivity index (χ4n) is 3.59. The lowest BCUT2D eigenvalue weighted by molar-refractivity contribution is 0.182. The van der Waals surface area contributed by atoms with Crippen LogP contribution in [-0.4, -0.2) is 29.0 Å². The van der Waals surface area contributed by atoms with E-state index in [4.69, 9.17) is 0 Å². The minimum Gasteiger partial charge on any atom is -0.300 e. The van der Waals surface area contributed by atoms with Crippen LogP contribution in [0.25, 0.3) is 0 Å². The molecule has 0 bridgehead atoms. The molecule has 1 aliphatic heterocycles. The van der Waals surface area contributed by atoms with E-state index in [1.54, 1.807) is 4.88 Å². The lowest BCUT2D eigenvalue weighted by Crippen LogP contribution is -2.35. The van der Waals surface area contributed by atoms with Crippen LogP contribution in [0, 0.1) is 0 Å². The molecule has 3 rings (SSSR count). The van der Waals surface area contributed by atoms with E-state index in [0.717, 1.165) is 12.0 Å². The van der Waals surface area contributed by atoms with Crippen molar-refractivity contribution in [1.29, 1.82) is 0 Å². The van der Waals surface area contributed by atoms with E-state index >= 15 is 0 Å². The second kappa shape index (κ2) is 5.92. The second-order valence-electron chi connectivity index (χ2n) is 6.50. The van der Waals surface area contributed by atoms with Crippen LogP contribution < -0.4 is 0 Å². The van der Waals surface area contributed by atoms with Gasteiger partial charge in [0.25, 0.3) is 0 Å². The lowest BCUT2D eigenvalue weighted by atomic mass is 9.85. The summed E-state index contributed by atoms with van der Waals surface area (Å²) in [6.45, 7) is 7.19. The molecule has 1 aliphatic carbocycles. The van der Waals surface area contributed by atoms with Crippen LogP contribution in [0.2, 0.25) is 0 Å². The monoisotopic (exact) mass is 278 g/mol. The molecule has 0 unspecified atom stereocenters. The predicted molar refractivity (Wildman–Crippen MR) is 82.0 cm³/mol. The zero-order valence-electron chi connectivity index (χ0n) is 12.3. The van der Waals surface area contributed by atoms with Gasteiger partial charge in [-0.05, 0) is 57.5 Å². The van der Waals surface area contributed by atoms with Crippen molar-refractivity contribution in [1.82, 2.24) is 9.88 Å². The Morgan fingerprint density at radius 1 is 1.16 bits per heavy atom. The topological polar surface area (TPSA) is 16.1 Å². The fourth-order valence-corrected chi connectivity index (χ4v) is 4.68. The van der Waals surface area contributed by atoms with Gasteiger partial charge in [-0.15, -0.1) is 11.3 Å². The first-order valence-electron chi connectivity index (χ1n) is 7.93. The van der Waals surface area contributed by atoms with Gasteiger partial charge in [0.2, 0.25) is 0 Å². The summed E-state index contributed by atoms with van der Waals surface area (Å²) in [5, 5.41) is 1.32. The Kier molecular flexibility index (Phi) is 4.23. The molecule has 106 valence electrons. The van der Waals surface area contributed by atoms with Gasteiger partial charge in [-0.25, -0.2) is 4.98 Å². The van der Waals surface area contributed by atoms with Crippen LogP contribution in [0.5, 0.6) is 0 Å². The van der Waals surface area contributed by atoms with Gasteiger partial charge in [0.1, 0.15) is 0 Å². The van der Waals surface area contributed by atoms with Gasteiger partial charge in [0.05, 0.1) is 5.01 Å². The summed E-state index contributed by atoms with van der Waals surface area (Å²) in [7, 11) is 0. The van der Waals surface area contributed by atoms with E-state index in [1.165, 1.54) is 56.6 Å². The van der Waals surface area contributed by atoms with E-state index in [1.807, 2.05) is 11.3 Å². The minimum absolute atomic E-state index is 0.583. The van der Waals surface area contributed by atoms with E-state index in [9.17, 15) is 0 Å². The van der Waals surface area contributed by atoms with Crippen LogP contribution in [0.1, 0.15) is 74.1 Å². The summed E-state index contributed by atoms with van der Waals surface area (Å²) in [5.41, 5.74) is 0. The summed E-state index contributed by atoms with van der Waals surface area (Å²) in [6, 6.07) is 0.885. The van der Waals surface area contributed by atoms with Crippen molar-refractivity contribution in [3.8, 4) is 0 Å². The smallest absolute Gasteiger partial charge is 0.0953 e. The van der Waals surface area contributed by atoms with E-state index < -0.39 is 0 Å². The van der Waals surface area contributed by atoms with Gasteiger partial charge in [-0.2, -0.15) is 0 Å². The van der Waals surface area contributed by atoms with Crippen LogP contribution in [0.15, 0.2) is 6.20 Å². The highest BCUT2D eigenvalue weighted by atomic mass is 32.1. The first-order valence-corrected chi connectivity index (χ1v) is 8.75. The molecule has 0 N–H and O–H groups in total. The number of aromatic nitrogens is 1. The molecule has 1 aromatic rings. The van der Waals surface area contributed by atoms with Gasteiger partial charge in [-0.1, -0.05) is 13.8 Å². The standard InChI is InChI=1S/C16H26N2S/c1-12(2)16-17-11-15(19-16)13-5-7-14(8-6-13)18-9-3-4-10-18/h11-14H,3-10H2,1-2H3. The molecule has 0 spiro atoms. The van der Waals surface area contributed by atoms with Crippen LogP contribution in [0.3, 0.4) is 0 Å². The Morgan fingerprint density at radius 2 is 1.84 bits per heavy atom. The third kappa shape index (κ3) is 3.03. The Labute approximate surface area is 121 Å². The third-order valence-electron chi connectivity index (χ3n) is 4.79. The molecule has 0 atom stereocenters. The zero-order chi connectivity index (χ0) is 13.2. The zero-order valence-corrected chi connectivity index (χ0v) is 13.1. The molecule has 3 heteroatoms. The summed E-state index contributed by atoms with van der Waals surface area (Å²) >= 11 is 1.96. The maximum atomic E-state index is 4.60. The fraction of sp³-hybridized carbons (Fsp3) is 0.812. The largest absolute Gasteiger partial charge is 0.300 e. The van der Waals surface area contributed by atoms with Crippen molar-refractivity contribution in [3.05, 3.63) is 16.1 Å². The highest BCUT2D eigenvalue weighted by Crippen LogP contribution is 2.38. The highest BCUT2D eigenvalue weighted by Gasteiger charge is 2.28. The average Bonchev–Trinajstić information content (AvgIpc) is 3.11. The van der Waals surface area contributed by atoms with Gasteiger partial charge in [0, 0.05) is 23.0 Å². The molecule has 2 heterocycles. The molecule has 0 amide bonds. The lowest BCUT2D eigenvalue weighted by Gasteiger charge is -2.34. The van der Waals surface area contributed by atoms with Crippen molar-refractivity contribution >= 4 is 11.3 Å². The van der Waals surface area contributed by atoms with E-state index in [0.29, 0.717) is 5.92 Å². The van der Waals surface area contributed by atoms with Crippen LogP contribution >= 0.6 is 11.3 Å². The summed E-state index contributed by atoms with van der Waals surface area (Å²) in [4.78, 5) is 8.88. The molecular weight excluding hydrogens is 252 g/mol. The highest BCUT2D eigenvalue weighted by molar-refractivity contribution is 7.11. The number of rotatable bonds is 3. The Hall–Kier alpha value is -0.410. The molecular formula is C16H26N2S. The molecule has 1 aromatic heterocycles. The van der Waals surface area contributed by atoms with Crippen LogP contribution in [-0.2, 0) is 0 Å². The van der Waals surface area contributed by atoms with Crippen molar-refractivity contribution < 1.29 is 0 Å². The van der Waals surface area contributed by atoms with Crippen molar-refractivity contribution in [2.45, 2.75) is 70.3 Å². The number of likely N-dealkylation sites (tertiary alicyclic amines) is 1. The number of nitrogens with zero attached hydrogens (tertiary/aromatic N) is 2. The average molecular weight is 278 g/mol. The quantitative estimate of drug-likeness (QED) is 0.815. The molecule has 19 heavy (non-hydrogen) atoms. The first-order chi connectivity index (χ1) is 9.24. The van der Waals surface area contributed by atoms with E-state index in [2.05, 4.69) is 29.9 Å². The number of hydrogen-bond acceptors (Lipinski definition) is 3. The molecule has 2 aliphatic rings. The second-order valence-corrected chi connectivity index (χ2v) is 7.60. The number of thiazole rings is 1. The molecule has 0 aromatic carbocycles. The van der Waals surface area contributed by atoms with Crippen molar-refractivity contribution in [2.24, 2.45) is 0 Å². The molecule has 2 fully saturated rings. The third-order valence-corrected chi connectivity index (χ3v) is 6.25. The predicted octanol–water partition coefficient (Wildman–Crippen LogP) is 4.39. The molecule has 1 saturated heterocycles. The maximum absolute atomic E-state index is 4.60. The molecule has 2 nitrogen and oxygen atoms in total. The van der Waals surface area contributed by atoms with Gasteiger partial charge in [-0.3, -0.25) is 0 Å². The SMILES string of the molecule is CC(C)c1ncc(C2CCC(N3CCCC3)CC2)s1. The Bertz CT molecular complexity index is 399. The van der Waals surface area contributed by atoms with Gasteiger partial charge in [0.15, 0.2) is 0 Å². The van der Waals surface area contributed by atoms with Crippen molar-refractivity contribution in [2.75, 3.05) is 13.1 Å². The summed E-state index contributed by atoms with van der Waals surface area (Å²) < 4.78 is 0. The Morgan fingerprint density at radius 3 is 2.42 bits per heavy atom. The Balaban J connectivity index is 1.56. The normalized spacial score (nSPS) is 29.2. The van der Waals surface area contributed by atoms with Gasteiger partial charge < -0.3 is 4.90 Å². The maximum Gasteiger partial charge on any atom is 0.0953 e. The molecule has 0 radical (unpaired) electrons. The summed E-state index contributed by atoms with van der Waals surface area (Å²) in [6.07, 6.45) is 10.6. The first kappa shape index (κ1) is 13.6. The van der Waals surface area contributed by atoms with Gasteiger partial charge >= 0.3 is 0 Å². The van der Waals surface area contributed by atoms with Crippen LogP contribution in [0.4, 0.5) is 0 Å². The summed E-state index contributed by atoms with van der Waals surface area (Å²) in [5.74, 6) is 1.38.